The first-order valence-electron chi connectivity index (χ1n) is 5.78. The molecule has 0 atom stereocenters. The van der Waals surface area contributed by atoms with Crippen LogP contribution < -0.4 is 0 Å². The molecule has 0 bridgehead atoms. The summed E-state index contributed by atoms with van der Waals surface area (Å²) < 4.78 is 2.19. The third-order valence-corrected chi connectivity index (χ3v) is 2.39. The molecule has 0 aliphatic rings. The molecule has 0 aromatic carbocycles. The SMILES string of the molecule is CC.Cc1cn(C(C)(C)C)c2ncncc12. The molecule has 0 unspecified atom stereocenters. The zero-order valence-electron chi connectivity index (χ0n) is 11.1. The van der Waals surface area contributed by atoms with Crippen molar-refractivity contribution in [3.63, 3.8) is 0 Å². The summed E-state index contributed by atoms with van der Waals surface area (Å²) in [6.45, 7) is 12.6. The largest absolute Gasteiger partial charge is 0.327 e. The van der Waals surface area contributed by atoms with Crippen LogP contribution in [0.15, 0.2) is 18.7 Å². The molecular formula is C13H21N3. The topological polar surface area (TPSA) is 30.7 Å². The molecule has 0 amide bonds. The van der Waals surface area contributed by atoms with Crippen molar-refractivity contribution in [3.05, 3.63) is 24.3 Å². The quantitative estimate of drug-likeness (QED) is 0.678. The fourth-order valence-corrected chi connectivity index (χ4v) is 1.63. The maximum Gasteiger partial charge on any atom is 0.144 e. The number of hydrogen-bond acceptors (Lipinski definition) is 2. The minimum absolute atomic E-state index is 0.0703. The van der Waals surface area contributed by atoms with Gasteiger partial charge in [-0.05, 0) is 33.3 Å². The number of hydrogen-bond donors (Lipinski definition) is 0. The van der Waals surface area contributed by atoms with Crippen LogP contribution in [0.3, 0.4) is 0 Å². The van der Waals surface area contributed by atoms with Crippen LogP contribution in [0.1, 0.15) is 40.2 Å². The first kappa shape index (κ1) is 12.7. The van der Waals surface area contributed by atoms with Crippen molar-refractivity contribution in [2.24, 2.45) is 0 Å². The number of aromatic nitrogens is 3. The van der Waals surface area contributed by atoms with Gasteiger partial charge in [-0.2, -0.15) is 0 Å². The first-order chi connectivity index (χ1) is 7.50. The Morgan fingerprint density at radius 1 is 1.19 bits per heavy atom. The van der Waals surface area contributed by atoms with Gasteiger partial charge in [0.25, 0.3) is 0 Å². The fourth-order valence-electron chi connectivity index (χ4n) is 1.63. The van der Waals surface area contributed by atoms with Gasteiger partial charge in [0.15, 0.2) is 0 Å². The van der Waals surface area contributed by atoms with E-state index < -0.39 is 0 Å². The Hall–Kier alpha value is -1.38. The maximum atomic E-state index is 4.32. The molecule has 0 saturated carbocycles. The molecule has 3 heteroatoms. The van der Waals surface area contributed by atoms with E-state index in [9.17, 15) is 0 Å². The van der Waals surface area contributed by atoms with Crippen LogP contribution in [0.4, 0.5) is 0 Å². The Labute approximate surface area is 97.5 Å². The van der Waals surface area contributed by atoms with Gasteiger partial charge in [0, 0.05) is 23.3 Å². The molecule has 0 aliphatic carbocycles. The van der Waals surface area contributed by atoms with Gasteiger partial charge in [0.1, 0.15) is 12.0 Å². The van der Waals surface area contributed by atoms with Gasteiger partial charge >= 0.3 is 0 Å². The summed E-state index contributed by atoms with van der Waals surface area (Å²) in [6.07, 6.45) is 5.61. The first-order valence-corrected chi connectivity index (χ1v) is 5.78. The van der Waals surface area contributed by atoms with Crippen LogP contribution >= 0.6 is 0 Å². The summed E-state index contributed by atoms with van der Waals surface area (Å²) >= 11 is 0. The van der Waals surface area contributed by atoms with Gasteiger partial charge in [-0.15, -0.1) is 0 Å². The summed E-state index contributed by atoms with van der Waals surface area (Å²) in [4.78, 5) is 8.36. The van der Waals surface area contributed by atoms with Gasteiger partial charge < -0.3 is 4.57 Å². The molecule has 0 spiro atoms. The van der Waals surface area contributed by atoms with Crippen LogP contribution in [0, 0.1) is 6.92 Å². The van der Waals surface area contributed by atoms with E-state index in [1.807, 2.05) is 20.0 Å². The Morgan fingerprint density at radius 2 is 1.81 bits per heavy atom. The van der Waals surface area contributed by atoms with Gasteiger partial charge in [-0.1, -0.05) is 13.8 Å². The van der Waals surface area contributed by atoms with E-state index in [2.05, 4.69) is 48.4 Å². The molecule has 16 heavy (non-hydrogen) atoms. The Balaban J connectivity index is 0.000000606. The van der Waals surface area contributed by atoms with Crippen LogP contribution in [0.2, 0.25) is 0 Å². The van der Waals surface area contributed by atoms with Crippen LogP contribution in [-0.2, 0) is 5.54 Å². The van der Waals surface area contributed by atoms with Gasteiger partial charge in [0.2, 0.25) is 0 Å². The van der Waals surface area contributed by atoms with Crippen molar-refractivity contribution in [2.45, 2.75) is 47.1 Å². The average molecular weight is 219 g/mol. The molecule has 0 radical (unpaired) electrons. The number of aryl methyl sites for hydroxylation is 1. The second kappa shape index (κ2) is 4.64. The predicted octanol–water partition coefficient (Wildman–Crippen LogP) is 3.52. The van der Waals surface area contributed by atoms with E-state index in [1.165, 1.54) is 5.56 Å². The molecule has 0 fully saturated rings. The average Bonchev–Trinajstić information content (AvgIpc) is 2.60. The van der Waals surface area contributed by atoms with E-state index in [1.54, 1.807) is 6.33 Å². The van der Waals surface area contributed by atoms with Gasteiger partial charge in [0.05, 0.1) is 0 Å². The van der Waals surface area contributed by atoms with Crippen molar-refractivity contribution in [1.82, 2.24) is 14.5 Å². The van der Waals surface area contributed by atoms with Crippen LogP contribution in [-0.4, -0.2) is 14.5 Å². The highest BCUT2D eigenvalue weighted by atomic mass is 15.1. The van der Waals surface area contributed by atoms with Crippen molar-refractivity contribution >= 4 is 11.0 Å². The lowest BCUT2D eigenvalue weighted by molar-refractivity contribution is 0.408. The molecule has 0 N–H and O–H groups in total. The molecule has 2 heterocycles. The lowest BCUT2D eigenvalue weighted by Crippen LogP contribution is -2.20. The van der Waals surface area contributed by atoms with Crippen molar-refractivity contribution < 1.29 is 0 Å². The summed E-state index contributed by atoms with van der Waals surface area (Å²) in [6, 6.07) is 0. The number of rotatable bonds is 0. The van der Waals surface area contributed by atoms with Crippen LogP contribution in [0.5, 0.6) is 0 Å². The summed E-state index contributed by atoms with van der Waals surface area (Å²) in [5, 5.41) is 1.14. The smallest absolute Gasteiger partial charge is 0.144 e. The van der Waals surface area contributed by atoms with Crippen molar-refractivity contribution in [3.8, 4) is 0 Å². The lowest BCUT2D eigenvalue weighted by atomic mass is 10.1. The summed E-state index contributed by atoms with van der Waals surface area (Å²) in [5.41, 5.74) is 2.32. The predicted molar refractivity (Wildman–Crippen MR) is 68.6 cm³/mol. The maximum absolute atomic E-state index is 4.32. The van der Waals surface area contributed by atoms with Gasteiger partial charge in [-0.3, -0.25) is 0 Å². The molecule has 2 aromatic heterocycles. The molecule has 2 aromatic rings. The molecule has 3 nitrogen and oxygen atoms in total. The van der Waals surface area contributed by atoms with E-state index in [0.29, 0.717) is 0 Å². The van der Waals surface area contributed by atoms with Crippen LogP contribution in [0.25, 0.3) is 11.0 Å². The van der Waals surface area contributed by atoms with E-state index >= 15 is 0 Å². The Kier molecular flexibility index (Phi) is 3.68. The molecule has 2 rings (SSSR count). The van der Waals surface area contributed by atoms with E-state index in [0.717, 1.165) is 11.0 Å². The Morgan fingerprint density at radius 3 is 2.38 bits per heavy atom. The third kappa shape index (κ3) is 2.23. The zero-order valence-corrected chi connectivity index (χ0v) is 11.1. The number of nitrogens with zero attached hydrogens (tertiary/aromatic N) is 3. The number of fused-ring (bicyclic) bond motifs is 1. The highest BCUT2D eigenvalue weighted by molar-refractivity contribution is 5.79. The monoisotopic (exact) mass is 219 g/mol. The van der Waals surface area contributed by atoms with E-state index in [-0.39, 0.29) is 5.54 Å². The standard InChI is InChI=1S/C11H15N3.C2H6/c1-8-6-14(11(2,3)4)10-9(8)5-12-7-13-10;1-2/h5-7H,1-4H3;1-2H3. The zero-order chi connectivity index (χ0) is 12.3. The normalized spacial score (nSPS) is 11.1. The highest BCUT2D eigenvalue weighted by Crippen LogP contribution is 2.24. The minimum Gasteiger partial charge on any atom is -0.327 e. The van der Waals surface area contributed by atoms with E-state index in [4.69, 9.17) is 0 Å². The highest BCUT2D eigenvalue weighted by Gasteiger charge is 2.17. The second-order valence-corrected chi connectivity index (χ2v) is 4.61. The fraction of sp³-hybridized carbons (Fsp3) is 0.538. The molecular weight excluding hydrogens is 198 g/mol. The van der Waals surface area contributed by atoms with Crippen molar-refractivity contribution in [2.75, 3.05) is 0 Å². The Bertz CT molecular complexity index is 463. The molecule has 0 saturated heterocycles. The van der Waals surface area contributed by atoms with Gasteiger partial charge in [-0.25, -0.2) is 9.97 Å². The van der Waals surface area contributed by atoms with Crippen molar-refractivity contribution in [1.29, 1.82) is 0 Å². The molecule has 88 valence electrons. The minimum atomic E-state index is 0.0703. The lowest BCUT2D eigenvalue weighted by Gasteiger charge is -2.21. The second-order valence-electron chi connectivity index (χ2n) is 4.61. The third-order valence-electron chi connectivity index (χ3n) is 2.39. The summed E-state index contributed by atoms with van der Waals surface area (Å²) in [7, 11) is 0. The summed E-state index contributed by atoms with van der Waals surface area (Å²) in [5.74, 6) is 0. The molecule has 0 aliphatic heterocycles.